The average molecular weight is 300 g/mol. The molecule has 1 heterocycles. The second-order valence-electron chi connectivity index (χ2n) is 7.64. The lowest BCUT2D eigenvalue weighted by Gasteiger charge is -2.30. The van der Waals surface area contributed by atoms with E-state index in [4.69, 9.17) is 5.73 Å². The van der Waals surface area contributed by atoms with Gasteiger partial charge in [-0.1, -0.05) is 50.1 Å². The Labute approximate surface area is 133 Å². The van der Waals surface area contributed by atoms with Gasteiger partial charge in [-0.3, -0.25) is 4.79 Å². The van der Waals surface area contributed by atoms with Gasteiger partial charge < -0.3 is 10.6 Å². The first kappa shape index (κ1) is 15.5. The maximum absolute atomic E-state index is 12.7. The molecule has 0 spiro atoms. The highest BCUT2D eigenvalue weighted by atomic mass is 16.2. The molecule has 120 valence electrons. The van der Waals surface area contributed by atoms with Crippen LogP contribution in [-0.4, -0.2) is 29.4 Å². The Bertz CT molecular complexity index is 521. The molecule has 3 heteroatoms. The first-order chi connectivity index (χ1) is 10.5. The zero-order valence-electron chi connectivity index (χ0n) is 13.7. The number of rotatable bonds is 4. The van der Waals surface area contributed by atoms with E-state index in [1.54, 1.807) is 0 Å². The third kappa shape index (κ3) is 3.19. The minimum Gasteiger partial charge on any atom is -0.341 e. The number of carbonyl (C=O) groups excluding carboxylic acids is 1. The SMILES string of the molecule is CC1(CCc2ccccc2)CCN(C(=O)C2(N)CCCC2)C1. The molecule has 1 amide bonds. The van der Waals surface area contributed by atoms with Crippen LogP contribution in [0.5, 0.6) is 0 Å². The van der Waals surface area contributed by atoms with Crippen molar-refractivity contribution in [1.82, 2.24) is 4.90 Å². The van der Waals surface area contributed by atoms with Crippen LogP contribution in [-0.2, 0) is 11.2 Å². The highest BCUT2D eigenvalue weighted by molar-refractivity contribution is 5.86. The van der Waals surface area contributed by atoms with E-state index in [-0.39, 0.29) is 11.3 Å². The van der Waals surface area contributed by atoms with Crippen molar-refractivity contribution in [3.63, 3.8) is 0 Å². The lowest BCUT2D eigenvalue weighted by atomic mass is 9.83. The molecule has 2 aliphatic rings. The lowest BCUT2D eigenvalue weighted by molar-refractivity contribution is -0.136. The molecule has 1 saturated heterocycles. The molecule has 0 aromatic heterocycles. The highest BCUT2D eigenvalue weighted by Crippen LogP contribution is 2.37. The number of nitrogens with two attached hydrogens (primary N) is 1. The molecule has 1 aromatic carbocycles. The van der Waals surface area contributed by atoms with Crippen LogP contribution in [0.4, 0.5) is 0 Å². The Balaban J connectivity index is 1.57. The third-order valence-corrected chi connectivity index (χ3v) is 5.63. The van der Waals surface area contributed by atoms with Crippen LogP contribution in [0, 0.1) is 5.41 Å². The molecule has 1 aliphatic heterocycles. The van der Waals surface area contributed by atoms with Crippen molar-refractivity contribution in [2.75, 3.05) is 13.1 Å². The monoisotopic (exact) mass is 300 g/mol. The fraction of sp³-hybridized carbons (Fsp3) is 0.632. The number of hydrogen-bond acceptors (Lipinski definition) is 2. The summed E-state index contributed by atoms with van der Waals surface area (Å²) in [6, 6.07) is 10.6. The summed E-state index contributed by atoms with van der Waals surface area (Å²) in [5, 5.41) is 0. The van der Waals surface area contributed by atoms with Gasteiger partial charge in [-0.05, 0) is 43.1 Å². The van der Waals surface area contributed by atoms with E-state index in [1.807, 2.05) is 4.90 Å². The second kappa shape index (κ2) is 6.04. The van der Waals surface area contributed by atoms with E-state index in [9.17, 15) is 4.79 Å². The third-order valence-electron chi connectivity index (χ3n) is 5.63. The Morgan fingerprint density at radius 3 is 2.55 bits per heavy atom. The Hall–Kier alpha value is -1.35. The molecule has 3 nitrogen and oxygen atoms in total. The highest BCUT2D eigenvalue weighted by Gasteiger charge is 2.44. The van der Waals surface area contributed by atoms with Gasteiger partial charge in [0.1, 0.15) is 0 Å². The average Bonchev–Trinajstić information content (AvgIpc) is 3.14. The van der Waals surface area contributed by atoms with E-state index in [1.165, 1.54) is 5.56 Å². The predicted octanol–water partition coefficient (Wildman–Crippen LogP) is 3.13. The Morgan fingerprint density at radius 1 is 1.18 bits per heavy atom. The lowest BCUT2D eigenvalue weighted by Crippen LogP contribution is -2.53. The van der Waals surface area contributed by atoms with Crippen LogP contribution < -0.4 is 5.73 Å². The van der Waals surface area contributed by atoms with Crippen LogP contribution in [0.15, 0.2) is 30.3 Å². The van der Waals surface area contributed by atoms with Gasteiger partial charge in [0.2, 0.25) is 5.91 Å². The maximum atomic E-state index is 12.7. The predicted molar refractivity (Wildman–Crippen MR) is 89.5 cm³/mol. The van der Waals surface area contributed by atoms with Crippen molar-refractivity contribution in [2.24, 2.45) is 11.1 Å². The molecule has 1 atom stereocenters. The van der Waals surface area contributed by atoms with E-state index >= 15 is 0 Å². The number of benzene rings is 1. The minimum atomic E-state index is -0.565. The van der Waals surface area contributed by atoms with Crippen molar-refractivity contribution in [3.05, 3.63) is 35.9 Å². The van der Waals surface area contributed by atoms with Crippen LogP contribution >= 0.6 is 0 Å². The van der Waals surface area contributed by atoms with E-state index in [0.717, 1.165) is 58.0 Å². The van der Waals surface area contributed by atoms with Gasteiger partial charge in [0.15, 0.2) is 0 Å². The normalized spacial score (nSPS) is 27.3. The topological polar surface area (TPSA) is 46.3 Å². The molecule has 2 N–H and O–H groups in total. The number of likely N-dealkylation sites (tertiary alicyclic amines) is 1. The summed E-state index contributed by atoms with van der Waals surface area (Å²) >= 11 is 0. The van der Waals surface area contributed by atoms with Crippen LogP contribution in [0.2, 0.25) is 0 Å². The summed E-state index contributed by atoms with van der Waals surface area (Å²) in [5.74, 6) is 0.202. The van der Waals surface area contributed by atoms with Gasteiger partial charge in [-0.2, -0.15) is 0 Å². The fourth-order valence-corrected chi connectivity index (χ4v) is 4.03. The van der Waals surface area contributed by atoms with Gasteiger partial charge in [-0.25, -0.2) is 0 Å². The second-order valence-corrected chi connectivity index (χ2v) is 7.64. The number of amides is 1. The van der Waals surface area contributed by atoms with Crippen molar-refractivity contribution in [3.8, 4) is 0 Å². The van der Waals surface area contributed by atoms with Gasteiger partial charge >= 0.3 is 0 Å². The molecule has 22 heavy (non-hydrogen) atoms. The molecule has 1 unspecified atom stereocenters. The first-order valence-electron chi connectivity index (χ1n) is 8.63. The Morgan fingerprint density at radius 2 is 1.86 bits per heavy atom. The number of carbonyl (C=O) groups is 1. The van der Waals surface area contributed by atoms with Crippen molar-refractivity contribution < 1.29 is 4.79 Å². The summed E-state index contributed by atoms with van der Waals surface area (Å²) in [5.41, 5.74) is 7.41. The smallest absolute Gasteiger partial charge is 0.242 e. The van der Waals surface area contributed by atoms with Gasteiger partial charge in [0, 0.05) is 13.1 Å². The standard InChI is InChI=1S/C19H28N2O/c1-18(12-9-16-7-3-2-4-8-16)13-14-21(15-18)17(22)19(20)10-5-6-11-19/h2-4,7-8H,5-6,9-15,20H2,1H3. The zero-order chi connectivity index (χ0) is 15.6. The van der Waals surface area contributed by atoms with Crippen molar-refractivity contribution >= 4 is 5.91 Å². The van der Waals surface area contributed by atoms with Gasteiger partial charge in [0.25, 0.3) is 0 Å². The minimum absolute atomic E-state index is 0.202. The summed E-state index contributed by atoms with van der Waals surface area (Å²) in [4.78, 5) is 14.8. The molecule has 1 saturated carbocycles. The number of nitrogens with zero attached hydrogens (tertiary/aromatic N) is 1. The first-order valence-corrected chi connectivity index (χ1v) is 8.63. The molecule has 1 aromatic rings. The van der Waals surface area contributed by atoms with Crippen LogP contribution in [0.3, 0.4) is 0 Å². The quantitative estimate of drug-likeness (QED) is 0.928. The maximum Gasteiger partial charge on any atom is 0.242 e. The molecule has 0 radical (unpaired) electrons. The molecule has 2 fully saturated rings. The summed E-state index contributed by atoms with van der Waals surface area (Å²) in [7, 11) is 0. The number of hydrogen-bond donors (Lipinski definition) is 1. The van der Waals surface area contributed by atoms with E-state index in [0.29, 0.717) is 0 Å². The van der Waals surface area contributed by atoms with E-state index < -0.39 is 5.54 Å². The molecular weight excluding hydrogens is 272 g/mol. The summed E-state index contributed by atoms with van der Waals surface area (Å²) < 4.78 is 0. The molecular formula is C19H28N2O. The number of aryl methyl sites for hydroxylation is 1. The van der Waals surface area contributed by atoms with Crippen LogP contribution in [0.1, 0.15) is 51.0 Å². The van der Waals surface area contributed by atoms with Crippen LogP contribution in [0.25, 0.3) is 0 Å². The van der Waals surface area contributed by atoms with Gasteiger partial charge in [-0.15, -0.1) is 0 Å². The molecule has 1 aliphatic carbocycles. The Kier molecular flexibility index (Phi) is 4.26. The molecule has 3 rings (SSSR count). The molecule has 0 bridgehead atoms. The van der Waals surface area contributed by atoms with Crippen molar-refractivity contribution in [1.29, 1.82) is 0 Å². The summed E-state index contributed by atoms with van der Waals surface area (Å²) in [6.45, 7) is 4.07. The van der Waals surface area contributed by atoms with Crippen molar-refractivity contribution in [2.45, 2.75) is 57.4 Å². The largest absolute Gasteiger partial charge is 0.341 e. The van der Waals surface area contributed by atoms with E-state index in [2.05, 4.69) is 37.3 Å². The van der Waals surface area contributed by atoms with Gasteiger partial charge in [0.05, 0.1) is 5.54 Å². The summed E-state index contributed by atoms with van der Waals surface area (Å²) in [6.07, 6.45) is 7.25. The fourth-order valence-electron chi connectivity index (χ4n) is 4.03. The zero-order valence-corrected chi connectivity index (χ0v) is 13.7.